The van der Waals surface area contributed by atoms with E-state index in [1.165, 1.54) is 6.07 Å². The maximum atomic E-state index is 12.5. The first-order chi connectivity index (χ1) is 16.4. The van der Waals surface area contributed by atoms with Crippen molar-refractivity contribution in [1.29, 1.82) is 0 Å². The lowest BCUT2D eigenvalue weighted by atomic mass is 10.1. The molecule has 0 aliphatic rings. The summed E-state index contributed by atoms with van der Waals surface area (Å²) in [6, 6.07) is 16.7. The summed E-state index contributed by atoms with van der Waals surface area (Å²) in [6.07, 6.45) is 5.25. The Morgan fingerprint density at radius 1 is 1.09 bits per heavy atom. The first-order valence-electron chi connectivity index (χ1n) is 11.1. The van der Waals surface area contributed by atoms with Crippen molar-refractivity contribution in [2.45, 2.75) is 20.3 Å². The average Bonchev–Trinajstić information content (AvgIpc) is 3.26. The SMILES string of the molecule is CC(C)COC(=O)Nc1cccc(Cc2nn(-c3cccc(-c4cnn(C)c4)c3)ccc2=O)c1. The van der Waals surface area contributed by atoms with Crippen LogP contribution in [0.25, 0.3) is 16.8 Å². The summed E-state index contributed by atoms with van der Waals surface area (Å²) in [5.41, 5.74) is 4.58. The van der Waals surface area contributed by atoms with Crippen molar-refractivity contribution in [3.05, 3.63) is 94.7 Å². The predicted molar refractivity (Wildman–Crippen MR) is 131 cm³/mol. The van der Waals surface area contributed by atoms with Gasteiger partial charge in [0, 0.05) is 43.2 Å². The Hall–Kier alpha value is -4.20. The van der Waals surface area contributed by atoms with Crippen LogP contribution in [0.2, 0.25) is 0 Å². The maximum Gasteiger partial charge on any atom is 0.411 e. The van der Waals surface area contributed by atoms with Crippen molar-refractivity contribution in [3.8, 4) is 16.8 Å². The fraction of sp³-hybridized carbons (Fsp3) is 0.231. The lowest BCUT2D eigenvalue weighted by Gasteiger charge is -2.11. The molecule has 4 aromatic rings. The van der Waals surface area contributed by atoms with Crippen LogP contribution in [0.5, 0.6) is 0 Å². The van der Waals surface area contributed by atoms with Gasteiger partial charge in [0.1, 0.15) is 5.69 Å². The second kappa shape index (κ2) is 10.2. The van der Waals surface area contributed by atoms with Crippen molar-refractivity contribution >= 4 is 11.8 Å². The molecule has 0 bridgehead atoms. The Morgan fingerprint density at radius 3 is 2.68 bits per heavy atom. The summed E-state index contributed by atoms with van der Waals surface area (Å²) in [5.74, 6) is 0.258. The van der Waals surface area contributed by atoms with Gasteiger partial charge in [-0.25, -0.2) is 9.48 Å². The second-order valence-electron chi connectivity index (χ2n) is 8.52. The number of aromatic nitrogens is 4. The number of benzene rings is 2. The molecule has 8 heteroatoms. The highest BCUT2D eigenvalue weighted by Gasteiger charge is 2.09. The second-order valence-corrected chi connectivity index (χ2v) is 8.52. The van der Waals surface area contributed by atoms with Crippen LogP contribution in [-0.2, 0) is 18.2 Å². The van der Waals surface area contributed by atoms with Crippen LogP contribution in [-0.4, -0.2) is 32.3 Å². The van der Waals surface area contributed by atoms with Gasteiger partial charge in [0.2, 0.25) is 5.43 Å². The number of aryl methyl sites for hydroxylation is 1. The highest BCUT2D eigenvalue weighted by atomic mass is 16.5. The lowest BCUT2D eigenvalue weighted by Crippen LogP contribution is -2.17. The molecule has 2 aromatic heterocycles. The maximum absolute atomic E-state index is 12.5. The van der Waals surface area contributed by atoms with E-state index in [0.717, 1.165) is 22.4 Å². The van der Waals surface area contributed by atoms with Crippen LogP contribution < -0.4 is 10.7 Å². The van der Waals surface area contributed by atoms with Gasteiger partial charge in [0.05, 0.1) is 18.5 Å². The van der Waals surface area contributed by atoms with Gasteiger partial charge >= 0.3 is 6.09 Å². The molecule has 0 saturated carbocycles. The van der Waals surface area contributed by atoms with Gasteiger partial charge in [-0.2, -0.15) is 10.2 Å². The van der Waals surface area contributed by atoms with Crippen molar-refractivity contribution in [2.24, 2.45) is 13.0 Å². The van der Waals surface area contributed by atoms with Crippen LogP contribution >= 0.6 is 0 Å². The van der Waals surface area contributed by atoms with Crippen molar-refractivity contribution in [1.82, 2.24) is 19.6 Å². The lowest BCUT2D eigenvalue weighted by molar-refractivity contribution is 0.147. The van der Waals surface area contributed by atoms with Gasteiger partial charge in [0.15, 0.2) is 0 Å². The summed E-state index contributed by atoms with van der Waals surface area (Å²) >= 11 is 0. The van der Waals surface area contributed by atoms with Gasteiger partial charge in [-0.15, -0.1) is 0 Å². The molecule has 8 nitrogen and oxygen atoms in total. The van der Waals surface area contributed by atoms with E-state index in [-0.39, 0.29) is 11.3 Å². The van der Waals surface area contributed by atoms with E-state index in [1.807, 2.05) is 75.8 Å². The number of hydrogen-bond donors (Lipinski definition) is 1. The Morgan fingerprint density at radius 2 is 1.91 bits per heavy atom. The third-order valence-corrected chi connectivity index (χ3v) is 5.12. The van der Waals surface area contributed by atoms with E-state index >= 15 is 0 Å². The zero-order chi connectivity index (χ0) is 24.1. The molecule has 2 heterocycles. The zero-order valence-electron chi connectivity index (χ0n) is 19.4. The number of ether oxygens (including phenoxy) is 1. The standard InChI is InChI=1S/C26H27N5O3/c1-18(2)17-34-26(33)28-22-8-4-6-19(12-22)13-24-25(32)10-11-31(29-24)23-9-5-7-20(14-23)21-15-27-30(3)16-21/h4-12,14-16,18H,13,17H2,1-3H3,(H,28,33). The fourth-order valence-electron chi connectivity index (χ4n) is 3.46. The molecule has 0 fully saturated rings. The molecule has 1 N–H and O–H groups in total. The molecule has 4 rings (SSSR count). The Balaban J connectivity index is 1.54. The minimum Gasteiger partial charge on any atom is -0.449 e. The molecular weight excluding hydrogens is 430 g/mol. The van der Waals surface area contributed by atoms with Crippen LogP contribution in [0.1, 0.15) is 25.1 Å². The molecule has 1 amide bonds. The molecular formula is C26H27N5O3. The summed E-state index contributed by atoms with van der Waals surface area (Å²) in [7, 11) is 1.88. The van der Waals surface area contributed by atoms with Crippen molar-refractivity contribution in [3.63, 3.8) is 0 Å². The topological polar surface area (TPSA) is 91.0 Å². The molecule has 0 unspecified atom stereocenters. The largest absolute Gasteiger partial charge is 0.449 e. The fourth-order valence-corrected chi connectivity index (χ4v) is 3.46. The minimum absolute atomic E-state index is 0.144. The van der Waals surface area contributed by atoms with E-state index in [0.29, 0.717) is 24.4 Å². The molecule has 174 valence electrons. The normalized spacial score (nSPS) is 10.9. The average molecular weight is 458 g/mol. The number of rotatable bonds is 7. The Labute approximate surface area is 197 Å². The zero-order valence-corrected chi connectivity index (χ0v) is 19.4. The molecule has 0 spiro atoms. The monoisotopic (exact) mass is 457 g/mol. The van der Waals surface area contributed by atoms with E-state index < -0.39 is 6.09 Å². The Kier molecular flexibility index (Phi) is 6.87. The summed E-state index contributed by atoms with van der Waals surface area (Å²) in [6.45, 7) is 4.30. The summed E-state index contributed by atoms with van der Waals surface area (Å²) in [5, 5.41) is 11.5. The predicted octanol–water partition coefficient (Wildman–Crippen LogP) is 4.43. The molecule has 2 aromatic carbocycles. The van der Waals surface area contributed by atoms with Crippen LogP contribution in [0.4, 0.5) is 10.5 Å². The number of nitrogens with one attached hydrogen (secondary N) is 1. The van der Waals surface area contributed by atoms with Crippen LogP contribution in [0.15, 0.2) is 78.0 Å². The number of anilines is 1. The molecule has 0 aliphatic heterocycles. The molecule has 34 heavy (non-hydrogen) atoms. The van der Waals surface area contributed by atoms with E-state index in [1.54, 1.807) is 21.6 Å². The van der Waals surface area contributed by atoms with Crippen LogP contribution in [0.3, 0.4) is 0 Å². The highest BCUT2D eigenvalue weighted by Crippen LogP contribution is 2.21. The number of carbonyl (C=O) groups is 1. The minimum atomic E-state index is -0.500. The van der Waals surface area contributed by atoms with E-state index in [9.17, 15) is 9.59 Å². The first-order valence-corrected chi connectivity index (χ1v) is 11.1. The van der Waals surface area contributed by atoms with Gasteiger partial charge in [-0.3, -0.25) is 14.8 Å². The number of amides is 1. The third kappa shape index (κ3) is 5.78. The molecule has 0 radical (unpaired) electrons. The number of nitrogens with zero attached hydrogens (tertiary/aromatic N) is 4. The third-order valence-electron chi connectivity index (χ3n) is 5.12. The Bertz CT molecular complexity index is 1360. The van der Waals surface area contributed by atoms with Gasteiger partial charge in [0.25, 0.3) is 0 Å². The van der Waals surface area contributed by atoms with Crippen LogP contribution in [0, 0.1) is 5.92 Å². The van der Waals surface area contributed by atoms with Crippen molar-refractivity contribution in [2.75, 3.05) is 11.9 Å². The van der Waals surface area contributed by atoms with Gasteiger partial charge in [-0.1, -0.05) is 38.1 Å². The highest BCUT2D eigenvalue weighted by molar-refractivity contribution is 5.84. The summed E-state index contributed by atoms with van der Waals surface area (Å²) in [4.78, 5) is 24.5. The smallest absolute Gasteiger partial charge is 0.411 e. The van der Waals surface area contributed by atoms with E-state index in [4.69, 9.17) is 4.74 Å². The van der Waals surface area contributed by atoms with Gasteiger partial charge < -0.3 is 4.74 Å². The molecule has 0 atom stereocenters. The quantitative estimate of drug-likeness (QED) is 0.443. The van der Waals surface area contributed by atoms with Gasteiger partial charge in [-0.05, 0) is 41.3 Å². The number of hydrogen-bond acceptors (Lipinski definition) is 5. The van der Waals surface area contributed by atoms with E-state index in [2.05, 4.69) is 15.5 Å². The number of carbonyl (C=O) groups excluding carboxylic acids is 1. The molecule has 0 saturated heterocycles. The van der Waals surface area contributed by atoms with Crippen molar-refractivity contribution < 1.29 is 9.53 Å². The first kappa shape index (κ1) is 23.0. The summed E-state index contributed by atoms with van der Waals surface area (Å²) < 4.78 is 8.62. The molecule has 0 aliphatic carbocycles.